The fourth-order valence-corrected chi connectivity index (χ4v) is 3.17. The highest BCUT2D eigenvalue weighted by Gasteiger charge is 2.28. The first-order valence-corrected chi connectivity index (χ1v) is 8.66. The first-order valence-electron chi connectivity index (χ1n) is 8.28. The summed E-state index contributed by atoms with van der Waals surface area (Å²) in [6.45, 7) is 1.43. The number of rotatable bonds is 5. The van der Waals surface area contributed by atoms with Gasteiger partial charge in [0.05, 0.1) is 11.0 Å². The van der Waals surface area contributed by atoms with Gasteiger partial charge in [-0.2, -0.15) is 4.39 Å². The summed E-state index contributed by atoms with van der Waals surface area (Å²) < 4.78 is 19.0. The van der Waals surface area contributed by atoms with Crippen molar-refractivity contribution in [1.29, 1.82) is 0 Å². The second-order valence-electron chi connectivity index (χ2n) is 6.02. The van der Waals surface area contributed by atoms with Crippen LogP contribution in [-0.2, 0) is 4.79 Å². The van der Waals surface area contributed by atoms with Crippen molar-refractivity contribution in [3.63, 3.8) is 0 Å². The Hall–Kier alpha value is -2.42. The number of nitrogens with zero attached hydrogens (tertiary/aromatic N) is 2. The van der Waals surface area contributed by atoms with E-state index >= 15 is 0 Å². The molecular formula is C18H18Cl2FN3O4. The van der Waals surface area contributed by atoms with E-state index in [0.717, 1.165) is 17.7 Å². The lowest BCUT2D eigenvalue weighted by atomic mass is 10.0. The highest BCUT2D eigenvalue weighted by Crippen LogP contribution is 2.26. The average Bonchev–Trinajstić information content (AvgIpc) is 2.66. The molecule has 0 radical (unpaired) electrons. The van der Waals surface area contributed by atoms with Crippen molar-refractivity contribution in [2.75, 3.05) is 26.2 Å². The topological polar surface area (TPSA) is 84.7 Å². The molecule has 1 heterocycles. The van der Waals surface area contributed by atoms with Crippen LogP contribution >= 0.6 is 24.0 Å². The second kappa shape index (κ2) is 9.68. The molecule has 1 unspecified atom stereocenters. The van der Waals surface area contributed by atoms with Gasteiger partial charge in [0.15, 0.2) is 6.61 Å². The zero-order valence-corrected chi connectivity index (χ0v) is 16.2. The molecule has 10 heteroatoms. The number of hydrogen-bond acceptors (Lipinski definition) is 5. The lowest BCUT2D eigenvalue weighted by molar-refractivity contribution is -0.387. The fourth-order valence-electron chi connectivity index (χ4n) is 2.97. The Bertz CT molecular complexity index is 868. The Kier molecular flexibility index (Phi) is 7.56. The smallest absolute Gasteiger partial charge is 0.305 e. The zero-order chi connectivity index (χ0) is 19.4. The van der Waals surface area contributed by atoms with E-state index < -0.39 is 16.4 Å². The normalized spacial score (nSPS) is 16.2. The minimum atomic E-state index is -1.01. The number of amides is 1. The standard InChI is InChI=1S/C18H17ClFN3O4.ClH/c19-13-3-1-2-12(8-13)17-10-21-6-7-22(17)18(24)11-27-14-4-5-16(23(25)26)15(20)9-14;/h1-5,8-9,17,21H,6-7,10-11H2;1H. The summed E-state index contributed by atoms with van der Waals surface area (Å²) in [6, 6.07) is 10.3. The largest absolute Gasteiger partial charge is 0.484 e. The highest BCUT2D eigenvalue weighted by molar-refractivity contribution is 6.30. The van der Waals surface area contributed by atoms with Crippen LogP contribution in [0.2, 0.25) is 5.02 Å². The van der Waals surface area contributed by atoms with Gasteiger partial charge in [-0.3, -0.25) is 14.9 Å². The molecule has 1 atom stereocenters. The molecule has 1 amide bonds. The average molecular weight is 430 g/mol. The van der Waals surface area contributed by atoms with Gasteiger partial charge < -0.3 is 15.0 Å². The zero-order valence-electron chi connectivity index (χ0n) is 14.6. The Labute approximate surface area is 172 Å². The number of carbonyl (C=O) groups excluding carboxylic acids is 1. The van der Waals surface area contributed by atoms with Gasteiger partial charge in [-0.1, -0.05) is 23.7 Å². The summed E-state index contributed by atoms with van der Waals surface area (Å²) in [5, 5.41) is 14.5. The molecule has 1 aliphatic heterocycles. The maximum Gasteiger partial charge on any atom is 0.305 e. The van der Waals surface area contributed by atoms with Crippen molar-refractivity contribution in [2.45, 2.75) is 6.04 Å². The van der Waals surface area contributed by atoms with E-state index in [1.807, 2.05) is 18.2 Å². The van der Waals surface area contributed by atoms with E-state index in [9.17, 15) is 19.3 Å². The lowest BCUT2D eigenvalue weighted by Crippen LogP contribution is -2.50. The molecular weight excluding hydrogens is 412 g/mol. The summed E-state index contributed by atoms with van der Waals surface area (Å²) in [7, 11) is 0. The van der Waals surface area contributed by atoms with Crippen molar-refractivity contribution >= 4 is 35.6 Å². The second-order valence-corrected chi connectivity index (χ2v) is 6.46. The summed E-state index contributed by atoms with van der Waals surface area (Å²) in [4.78, 5) is 24.2. The van der Waals surface area contributed by atoms with Crippen LogP contribution in [0.3, 0.4) is 0 Å². The van der Waals surface area contributed by atoms with Crippen LogP contribution < -0.4 is 10.1 Å². The number of piperazine rings is 1. The maximum absolute atomic E-state index is 13.7. The molecule has 0 aliphatic carbocycles. The van der Waals surface area contributed by atoms with Crippen LogP contribution in [-0.4, -0.2) is 42.0 Å². The van der Waals surface area contributed by atoms with E-state index in [1.54, 1.807) is 11.0 Å². The molecule has 1 aliphatic rings. The Morgan fingerprint density at radius 1 is 1.36 bits per heavy atom. The van der Waals surface area contributed by atoms with Crippen LogP contribution in [0, 0.1) is 15.9 Å². The predicted octanol–water partition coefficient (Wildman–Crippen LogP) is 3.36. The van der Waals surface area contributed by atoms with Crippen LogP contribution in [0.15, 0.2) is 42.5 Å². The van der Waals surface area contributed by atoms with Gasteiger partial charge in [-0.05, 0) is 23.8 Å². The molecule has 3 rings (SSSR count). The third-order valence-corrected chi connectivity index (χ3v) is 4.51. The Morgan fingerprint density at radius 3 is 2.82 bits per heavy atom. The SMILES string of the molecule is Cl.O=C(COc1ccc([N+](=O)[O-])c(F)c1)N1CCNCC1c1cccc(Cl)c1. The lowest BCUT2D eigenvalue weighted by Gasteiger charge is -2.36. The minimum absolute atomic E-state index is 0. The monoisotopic (exact) mass is 429 g/mol. The van der Waals surface area contributed by atoms with Crippen molar-refractivity contribution in [2.24, 2.45) is 0 Å². The van der Waals surface area contributed by atoms with Crippen molar-refractivity contribution < 1.29 is 18.8 Å². The molecule has 7 nitrogen and oxygen atoms in total. The van der Waals surface area contributed by atoms with E-state index in [-0.39, 0.29) is 36.7 Å². The van der Waals surface area contributed by atoms with E-state index in [0.29, 0.717) is 24.7 Å². The van der Waals surface area contributed by atoms with Crippen LogP contribution in [0.4, 0.5) is 10.1 Å². The van der Waals surface area contributed by atoms with Gasteiger partial charge >= 0.3 is 5.69 Å². The van der Waals surface area contributed by atoms with Crippen LogP contribution in [0.5, 0.6) is 5.75 Å². The summed E-state index contributed by atoms with van der Waals surface area (Å²) >= 11 is 6.05. The number of nitro groups is 1. The summed E-state index contributed by atoms with van der Waals surface area (Å²) in [5.74, 6) is -1.22. The molecule has 1 fully saturated rings. The number of nitro benzene ring substituents is 1. The van der Waals surface area contributed by atoms with Gasteiger partial charge in [-0.25, -0.2) is 0 Å². The van der Waals surface area contributed by atoms with E-state index in [4.69, 9.17) is 16.3 Å². The van der Waals surface area contributed by atoms with E-state index in [1.165, 1.54) is 6.07 Å². The molecule has 0 bridgehead atoms. The maximum atomic E-state index is 13.7. The molecule has 150 valence electrons. The number of hydrogen-bond donors (Lipinski definition) is 1. The quantitative estimate of drug-likeness (QED) is 0.581. The van der Waals surface area contributed by atoms with Gasteiger partial charge in [0.25, 0.3) is 5.91 Å². The van der Waals surface area contributed by atoms with Crippen LogP contribution in [0.25, 0.3) is 0 Å². The molecule has 0 saturated carbocycles. The first-order chi connectivity index (χ1) is 13.0. The number of halogens is 3. The Balaban J connectivity index is 0.00000280. The fraction of sp³-hybridized carbons (Fsp3) is 0.278. The minimum Gasteiger partial charge on any atom is -0.484 e. The van der Waals surface area contributed by atoms with Gasteiger partial charge in [0.2, 0.25) is 5.82 Å². The Morgan fingerprint density at radius 2 is 2.14 bits per heavy atom. The molecule has 28 heavy (non-hydrogen) atoms. The molecule has 2 aromatic carbocycles. The van der Waals surface area contributed by atoms with Crippen molar-refractivity contribution in [3.05, 3.63) is 69.0 Å². The van der Waals surface area contributed by atoms with E-state index in [2.05, 4.69) is 5.32 Å². The number of carbonyl (C=O) groups is 1. The van der Waals surface area contributed by atoms with Crippen LogP contribution in [0.1, 0.15) is 11.6 Å². The highest BCUT2D eigenvalue weighted by atomic mass is 35.5. The van der Waals surface area contributed by atoms with Crippen molar-refractivity contribution in [1.82, 2.24) is 10.2 Å². The van der Waals surface area contributed by atoms with Gasteiger partial charge in [0.1, 0.15) is 5.75 Å². The first kappa shape index (κ1) is 21.9. The summed E-state index contributed by atoms with van der Waals surface area (Å²) in [5.41, 5.74) is 0.265. The number of nitrogens with one attached hydrogen (secondary N) is 1. The number of benzene rings is 2. The number of ether oxygens (including phenoxy) is 1. The molecule has 1 N–H and O–H groups in total. The van der Waals surface area contributed by atoms with Crippen molar-refractivity contribution in [3.8, 4) is 5.75 Å². The molecule has 2 aromatic rings. The predicted molar refractivity (Wildman–Crippen MR) is 105 cm³/mol. The third kappa shape index (κ3) is 5.09. The van der Waals surface area contributed by atoms with Gasteiger partial charge in [-0.15, -0.1) is 12.4 Å². The van der Waals surface area contributed by atoms with Gasteiger partial charge in [0, 0.05) is 36.8 Å². The third-order valence-electron chi connectivity index (χ3n) is 4.28. The molecule has 0 spiro atoms. The molecule has 0 aromatic heterocycles. The summed E-state index contributed by atoms with van der Waals surface area (Å²) in [6.07, 6.45) is 0. The molecule has 1 saturated heterocycles.